The number of aryl methyl sites for hydroxylation is 1. The van der Waals surface area contributed by atoms with E-state index >= 15 is 0 Å². The molecule has 0 amide bonds. The lowest BCUT2D eigenvalue weighted by atomic mass is 10.2. The van der Waals surface area contributed by atoms with E-state index in [0.717, 1.165) is 11.3 Å². The van der Waals surface area contributed by atoms with Crippen molar-refractivity contribution in [2.75, 3.05) is 0 Å². The van der Waals surface area contributed by atoms with Gasteiger partial charge in [0, 0.05) is 18.2 Å². The fourth-order valence-corrected chi connectivity index (χ4v) is 1.08. The van der Waals surface area contributed by atoms with Crippen LogP contribution in [-0.2, 0) is 16.1 Å². The molecule has 13 heavy (non-hydrogen) atoms. The minimum absolute atomic E-state index is 0.255. The lowest BCUT2D eigenvalue weighted by Crippen LogP contribution is -2.01. The number of halogens is 1. The molecule has 0 aliphatic heterocycles. The first kappa shape index (κ1) is 9.99. The van der Waals surface area contributed by atoms with Gasteiger partial charge < -0.3 is 4.74 Å². The molecule has 0 aromatic carbocycles. The lowest BCUT2D eigenvalue weighted by molar-refractivity contribution is -0.142. The van der Waals surface area contributed by atoms with Gasteiger partial charge in [0.15, 0.2) is 0 Å². The fourth-order valence-electron chi connectivity index (χ4n) is 0.891. The molecule has 1 aromatic heterocycles. The van der Waals surface area contributed by atoms with Crippen molar-refractivity contribution >= 4 is 17.6 Å². The van der Waals surface area contributed by atoms with Crippen molar-refractivity contribution < 1.29 is 9.53 Å². The van der Waals surface area contributed by atoms with Gasteiger partial charge in [-0.2, -0.15) is 0 Å². The molecule has 0 bridgehead atoms. The number of pyridine rings is 1. The van der Waals surface area contributed by atoms with Gasteiger partial charge in [-0.05, 0) is 13.0 Å². The highest BCUT2D eigenvalue weighted by Gasteiger charge is 2.02. The summed E-state index contributed by atoms with van der Waals surface area (Å²) in [6, 6.07) is 3.47. The van der Waals surface area contributed by atoms with Gasteiger partial charge in [-0.25, -0.2) is 4.98 Å². The SMILES string of the molecule is CC(=O)OCc1ccc(Cl)nc1C. The molecule has 1 aromatic rings. The number of rotatable bonds is 2. The smallest absolute Gasteiger partial charge is 0.302 e. The minimum Gasteiger partial charge on any atom is -0.461 e. The van der Waals surface area contributed by atoms with E-state index in [2.05, 4.69) is 4.98 Å². The van der Waals surface area contributed by atoms with Gasteiger partial charge in [-0.1, -0.05) is 17.7 Å². The molecule has 0 aliphatic carbocycles. The minimum atomic E-state index is -0.297. The highest BCUT2D eigenvalue weighted by Crippen LogP contribution is 2.11. The molecule has 1 rings (SSSR count). The maximum atomic E-state index is 10.5. The maximum Gasteiger partial charge on any atom is 0.302 e. The number of carbonyl (C=O) groups excluding carboxylic acids is 1. The first-order chi connectivity index (χ1) is 6.09. The van der Waals surface area contributed by atoms with E-state index in [1.807, 2.05) is 6.92 Å². The van der Waals surface area contributed by atoms with E-state index in [1.54, 1.807) is 12.1 Å². The Balaban J connectivity index is 2.72. The Morgan fingerprint density at radius 1 is 1.62 bits per heavy atom. The standard InChI is InChI=1S/C9H10ClNO2/c1-6-8(5-13-7(2)12)3-4-9(10)11-6/h3-4H,5H2,1-2H3. The molecule has 0 aliphatic rings. The molecule has 4 heteroatoms. The number of esters is 1. The first-order valence-electron chi connectivity index (χ1n) is 3.85. The number of nitrogens with zero attached hydrogens (tertiary/aromatic N) is 1. The van der Waals surface area contributed by atoms with E-state index in [-0.39, 0.29) is 12.6 Å². The van der Waals surface area contributed by atoms with Crippen LogP contribution in [0.15, 0.2) is 12.1 Å². The molecule has 0 atom stereocenters. The number of aromatic nitrogens is 1. The molecule has 0 saturated heterocycles. The van der Waals surface area contributed by atoms with Gasteiger partial charge in [0.2, 0.25) is 0 Å². The summed E-state index contributed by atoms with van der Waals surface area (Å²) in [5.41, 5.74) is 1.66. The molecule has 70 valence electrons. The Morgan fingerprint density at radius 3 is 2.85 bits per heavy atom. The molecule has 0 radical (unpaired) electrons. The van der Waals surface area contributed by atoms with Crippen LogP contribution in [0, 0.1) is 6.92 Å². The van der Waals surface area contributed by atoms with Gasteiger partial charge >= 0.3 is 5.97 Å². The second-order valence-corrected chi connectivity index (χ2v) is 3.05. The van der Waals surface area contributed by atoms with Gasteiger partial charge in [0.1, 0.15) is 11.8 Å². The van der Waals surface area contributed by atoms with E-state index in [1.165, 1.54) is 6.92 Å². The van der Waals surface area contributed by atoms with Crippen LogP contribution in [0.1, 0.15) is 18.2 Å². The van der Waals surface area contributed by atoms with Crippen molar-refractivity contribution in [1.82, 2.24) is 4.98 Å². The third-order valence-corrected chi connectivity index (χ3v) is 1.80. The van der Waals surface area contributed by atoms with Crippen LogP contribution < -0.4 is 0 Å². The number of ether oxygens (including phenoxy) is 1. The van der Waals surface area contributed by atoms with Gasteiger partial charge in [0.25, 0.3) is 0 Å². The van der Waals surface area contributed by atoms with Crippen molar-refractivity contribution in [3.8, 4) is 0 Å². The lowest BCUT2D eigenvalue weighted by Gasteiger charge is -2.04. The maximum absolute atomic E-state index is 10.5. The largest absolute Gasteiger partial charge is 0.461 e. The quantitative estimate of drug-likeness (QED) is 0.541. The molecule has 0 fully saturated rings. The van der Waals surface area contributed by atoms with Crippen molar-refractivity contribution in [3.63, 3.8) is 0 Å². The average Bonchev–Trinajstić information content (AvgIpc) is 2.02. The molecule has 3 nitrogen and oxygen atoms in total. The van der Waals surface area contributed by atoms with Crippen molar-refractivity contribution in [1.29, 1.82) is 0 Å². The summed E-state index contributed by atoms with van der Waals surface area (Å²) >= 11 is 5.66. The number of hydrogen-bond acceptors (Lipinski definition) is 3. The van der Waals surface area contributed by atoms with Crippen molar-refractivity contribution in [2.45, 2.75) is 20.5 Å². The van der Waals surface area contributed by atoms with Crippen molar-refractivity contribution in [3.05, 3.63) is 28.5 Å². The highest BCUT2D eigenvalue weighted by molar-refractivity contribution is 6.29. The van der Waals surface area contributed by atoms with Crippen LogP contribution in [0.4, 0.5) is 0 Å². The van der Waals surface area contributed by atoms with E-state index in [9.17, 15) is 4.79 Å². The summed E-state index contributed by atoms with van der Waals surface area (Å²) in [6.45, 7) is 3.45. The van der Waals surface area contributed by atoms with Gasteiger partial charge in [-0.3, -0.25) is 4.79 Å². The van der Waals surface area contributed by atoms with Crippen LogP contribution in [0.5, 0.6) is 0 Å². The normalized spacial score (nSPS) is 9.77. The predicted octanol–water partition coefficient (Wildman–Crippen LogP) is 2.11. The molecule has 0 spiro atoms. The third kappa shape index (κ3) is 3.03. The van der Waals surface area contributed by atoms with Crippen LogP contribution in [0.3, 0.4) is 0 Å². The van der Waals surface area contributed by atoms with E-state index in [4.69, 9.17) is 16.3 Å². The molecule has 1 heterocycles. The third-order valence-electron chi connectivity index (χ3n) is 1.59. The topological polar surface area (TPSA) is 39.2 Å². The Kier molecular flexibility index (Phi) is 3.25. The summed E-state index contributed by atoms with van der Waals surface area (Å²) in [5.74, 6) is -0.297. The Labute approximate surface area is 81.7 Å². The summed E-state index contributed by atoms with van der Waals surface area (Å²) < 4.78 is 4.83. The average molecular weight is 200 g/mol. The molecule has 0 N–H and O–H groups in total. The second kappa shape index (κ2) is 4.23. The van der Waals surface area contributed by atoms with Crippen LogP contribution in [0.2, 0.25) is 5.15 Å². The summed E-state index contributed by atoms with van der Waals surface area (Å²) in [6.07, 6.45) is 0. The summed E-state index contributed by atoms with van der Waals surface area (Å²) in [4.78, 5) is 14.6. The monoisotopic (exact) mass is 199 g/mol. The zero-order valence-corrected chi connectivity index (χ0v) is 8.26. The van der Waals surface area contributed by atoms with Gasteiger partial charge in [0.05, 0.1) is 0 Å². The van der Waals surface area contributed by atoms with E-state index < -0.39 is 0 Å². The Hall–Kier alpha value is -1.09. The summed E-state index contributed by atoms with van der Waals surface area (Å²) in [5, 5.41) is 0.448. The first-order valence-corrected chi connectivity index (χ1v) is 4.23. The molecule has 0 saturated carbocycles. The summed E-state index contributed by atoms with van der Waals surface area (Å²) in [7, 11) is 0. The Morgan fingerprint density at radius 2 is 2.31 bits per heavy atom. The van der Waals surface area contributed by atoms with Crippen molar-refractivity contribution in [2.24, 2.45) is 0 Å². The number of carbonyl (C=O) groups is 1. The molecular weight excluding hydrogens is 190 g/mol. The zero-order valence-electron chi connectivity index (χ0n) is 7.50. The fraction of sp³-hybridized carbons (Fsp3) is 0.333. The molecular formula is C9H10ClNO2. The highest BCUT2D eigenvalue weighted by atomic mass is 35.5. The number of hydrogen-bond donors (Lipinski definition) is 0. The Bertz CT molecular complexity index is 325. The zero-order chi connectivity index (χ0) is 9.84. The second-order valence-electron chi connectivity index (χ2n) is 2.66. The van der Waals surface area contributed by atoms with Crippen LogP contribution in [0.25, 0.3) is 0 Å². The van der Waals surface area contributed by atoms with Gasteiger partial charge in [-0.15, -0.1) is 0 Å². The van der Waals surface area contributed by atoms with E-state index in [0.29, 0.717) is 5.15 Å². The van der Waals surface area contributed by atoms with Crippen LogP contribution in [-0.4, -0.2) is 11.0 Å². The molecule has 0 unspecified atom stereocenters. The predicted molar refractivity (Wildman–Crippen MR) is 49.5 cm³/mol. The van der Waals surface area contributed by atoms with Crippen LogP contribution >= 0.6 is 11.6 Å².